The van der Waals surface area contributed by atoms with Crippen molar-refractivity contribution in [2.24, 2.45) is 0 Å². The highest BCUT2D eigenvalue weighted by molar-refractivity contribution is 8.07. The first kappa shape index (κ1) is 7.42. The normalized spacial score (nSPS) is 32.7. The predicted molar refractivity (Wildman–Crippen MR) is 42.0 cm³/mol. The largest absolute Gasteiger partial charge is 0.380 e. The van der Waals surface area contributed by atoms with Crippen LogP contribution in [0.15, 0.2) is 0 Å². The minimum absolute atomic E-state index is 0.495. The van der Waals surface area contributed by atoms with Gasteiger partial charge in [-0.2, -0.15) is 11.8 Å². The van der Waals surface area contributed by atoms with Gasteiger partial charge in [0.15, 0.2) is 0 Å². The van der Waals surface area contributed by atoms with Crippen LogP contribution >= 0.6 is 11.8 Å². The standard InChI is InChI=1S/C7H14OS/c1-3-4-8-5-7(2)6-9-7/h3-6H2,1-2H3. The van der Waals surface area contributed by atoms with E-state index in [-0.39, 0.29) is 0 Å². The van der Waals surface area contributed by atoms with Gasteiger partial charge in [0.1, 0.15) is 0 Å². The average molecular weight is 146 g/mol. The second kappa shape index (κ2) is 2.93. The van der Waals surface area contributed by atoms with Gasteiger partial charge in [-0.3, -0.25) is 0 Å². The minimum atomic E-state index is 0.495. The van der Waals surface area contributed by atoms with Gasteiger partial charge in [-0.05, 0) is 13.3 Å². The van der Waals surface area contributed by atoms with Crippen molar-refractivity contribution in [1.82, 2.24) is 0 Å². The van der Waals surface area contributed by atoms with Crippen LogP contribution in [0.1, 0.15) is 20.3 Å². The van der Waals surface area contributed by atoms with Crippen LogP contribution in [0.3, 0.4) is 0 Å². The number of thioether (sulfide) groups is 1. The molecule has 1 nitrogen and oxygen atoms in total. The smallest absolute Gasteiger partial charge is 0.0618 e. The molecule has 0 N–H and O–H groups in total. The van der Waals surface area contributed by atoms with Crippen LogP contribution in [0, 0.1) is 0 Å². The summed E-state index contributed by atoms with van der Waals surface area (Å²) in [5, 5.41) is 0. The van der Waals surface area contributed by atoms with Gasteiger partial charge in [-0.1, -0.05) is 6.92 Å². The molecule has 1 aliphatic rings. The van der Waals surface area contributed by atoms with Gasteiger partial charge in [-0.15, -0.1) is 0 Å². The third-order valence-electron chi connectivity index (χ3n) is 1.39. The summed E-state index contributed by atoms with van der Waals surface area (Å²) in [6, 6.07) is 0. The Hall–Kier alpha value is 0.310. The molecule has 1 saturated heterocycles. The van der Waals surface area contributed by atoms with Crippen molar-refractivity contribution in [1.29, 1.82) is 0 Å². The predicted octanol–water partition coefficient (Wildman–Crippen LogP) is 1.92. The molecule has 0 spiro atoms. The summed E-state index contributed by atoms with van der Waals surface area (Å²) in [7, 11) is 0. The molecule has 0 aromatic carbocycles. The zero-order chi connectivity index (χ0) is 6.74. The highest BCUT2D eigenvalue weighted by Crippen LogP contribution is 2.43. The van der Waals surface area contributed by atoms with Crippen molar-refractivity contribution in [3.8, 4) is 0 Å². The topological polar surface area (TPSA) is 9.23 Å². The van der Waals surface area contributed by atoms with E-state index in [0.29, 0.717) is 4.75 Å². The minimum Gasteiger partial charge on any atom is -0.380 e. The van der Waals surface area contributed by atoms with Gasteiger partial charge in [-0.25, -0.2) is 0 Å². The molecule has 9 heavy (non-hydrogen) atoms. The second-order valence-electron chi connectivity index (χ2n) is 2.79. The van der Waals surface area contributed by atoms with E-state index in [1.807, 2.05) is 11.8 Å². The highest BCUT2D eigenvalue weighted by atomic mass is 32.2. The van der Waals surface area contributed by atoms with Crippen molar-refractivity contribution in [3.63, 3.8) is 0 Å². The van der Waals surface area contributed by atoms with E-state index >= 15 is 0 Å². The van der Waals surface area contributed by atoms with E-state index in [1.165, 1.54) is 5.75 Å². The van der Waals surface area contributed by atoms with Crippen LogP contribution in [0.25, 0.3) is 0 Å². The Kier molecular flexibility index (Phi) is 2.42. The maximum absolute atomic E-state index is 5.39. The first-order valence-corrected chi connectivity index (χ1v) is 4.47. The molecule has 2 heteroatoms. The lowest BCUT2D eigenvalue weighted by Gasteiger charge is -2.05. The monoisotopic (exact) mass is 146 g/mol. The fraction of sp³-hybridized carbons (Fsp3) is 1.00. The Morgan fingerprint density at radius 2 is 2.33 bits per heavy atom. The summed E-state index contributed by atoms with van der Waals surface area (Å²) in [4.78, 5) is 0. The molecule has 1 fully saturated rings. The van der Waals surface area contributed by atoms with E-state index in [2.05, 4.69) is 13.8 Å². The summed E-state index contributed by atoms with van der Waals surface area (Å²) in [6.45, 7) is 6.28. The van der Waals surface area contributed by atoms with Crippen molar-refractivity contribution in [2.45, 2.75) is 25.0 Å². The summed E-state index contributed by atoms with van der Waals surface area (Å²) in [5.41, 5.74) is 0. The molecule has 54 valence electrons. The van der Waals surface area contributed by atoms with Gasteiger partial charge in [0.2, 0.25) is 0 Å². The lowest BCUT2D eigenvalue weighted by atomic mass is 10.2. The Morgan fingerprint density at radius 1 is 1.67 bits per heavy atom. The maximum atomic E-state index is 5.39. The van der Waals surface area contributed by atoms with Gasteiger partial charge in [0, 0.05) is 17.1 Å². The van der Waals surface area contributed by atoms with Crippen molar-refractivity contribution >= 4 is 11.8 Å². The van der Waals surface area contributed by atoms with E-state index in [0.717, 1.165) is 19.6 Å². The number of ether oxygens (including phenoxy) is 1. The molecule has 1 rings (SSSR count). The molecule has 1 unspecified atom stereocenters. The van der Waals surface area contributed by atoms with E-state index < -0.39 is 0 Å². The van der Waals surface area contributed by atoms with Gasteiger partial charge in [0.05, 0.1) is 6.61 Å². The van der Waals surface area contributed by atoms with Crippen molar-refractivity contribution in [3.05, 3.63) is 0 Å². The van der Waals surface area contributed by atoms with Crippen LogP contribution < -0.4 is 0 Å². The summed E-state index contributed by atoms with van der Waals surface area (Å²) in [6.07, 6.45) is 1.14. The fourth-order valence-corrected chi connectivity index (χ4v) is 1.14. The van der Waals surface area contributed by atoms with E-state index in [9.17, 15) is 0 Å². The Labute approximate surface area is 61.2 Å². The SMILES string of the molecule is CCCOCC1(C)CS1. The van der Waals surface area contributed by atoms with Crippen LogP contribution in [0.2, 0.25) is 0 Å². The Morgan fingerprint density at radius 3 is 2.78 bits per heavy atom. The summed E-state index contributed by atoms with van der Waals surface area (Å²) in [5.74, 6) is 1.29. The van der Waals surface area contributed by atoms with Gasteiger partial charge in [0.25, 0.3) is 0 Å². The summed E-state index contributed by atoms with van der Waals surface area (Å²) >= 11 is 2.00. The molecule has 1 heterocycles. The molecular weight excluding hydrogens is 132 g/mol. The lowest BCUT2D eigenvalue weighted by molar-refractivity contribution is 0.127. The van der Waals surface area contributed by atoms with Gasteiger partial charge < -0.3 is 4.74 Å². The van der Waals surface area contributed by atoms with Crippen molar-refractivity contribution < 1.29 is 4.74 Å². The first-order valence-electron chi connectivity index (χ1n) is 3.48. The van der Waals surface area contributed by atoms with Crippen molar-refractivity contribution in [2.75, 3.05) is 19.0 Å². The molecule has 0 aliphatic carbocycles. The number of hydrogen-bond acceptors (Lipinski definition) is 2. The third-order valence-corrected chi connectivity index (χ3v) is 2.79. The maximum Gasteiger partial charge on any atom is 0.0618 e. The average Bonchev–Trinajstić information content (AvgIpc) is 2.50. The lowest BCUT2D eigenvalue weighted by Crippen LogP contribution is -2.12. The Balaban J connectivity index is 1.92. The molecule has 0 aromatic heterocycles. The zero-order valence-corrected chi connectivity index (χ0v) is 6.96. The molecule has 0 aromatic rings. The molecule has 0 bridgehead atoms. The number of hydrogen-bond donors (Lipinski definition) is 0. The van der Waals surface area contributed by atoms with Gasteiger partial charge >= 0.3 is 0 Å². The fourth-order valence-electron chi connectivity index (χ4n) is 0.639. The zero-order valence-electron chi connectivity index (χ0n) is 6.14. The van der Waals surface area contributed by atoms with E-state index in [4.69, 9.17) is 4.74 Å². The molecule has 0 radical (unpaired) electrons. The van der Waals surface area contributed by atoms with Crippen LogP contribution in [-0.4, -0.2) is 23.7 Å². The van der Waals surface area contributed by atoms with Crippen LogP contribution in [0.4, 0.5) is 0 Å². The first-order chi connectivity index (χ1) is 4.27. The Bertz CT molecular complexity index is 88.9. The summed E-state index contributed by atoms with van der Waals surface area (Å²) < 4.78 is 5.88. The molecular formula is C7H14OS. The third kappa shape index (κ3) is 2.59. The quantitative estimate of drug-likeness (QED) is 0.442. The van der Waals surface area contributed by atoms with E-state index in [1.54, 1.807) is 0 Å². The second-order valence-corrected chi connectivity index (χ2v) is 4.35. The molecule has 1 atom stereocenters. The van der Waals surface area contributed by atoms with Crippen LogP contribution in [-0.2, 0) is 4.74 Å². The number of rotatable bonds is 4. The highest BCUT2D eigenvalue weighted by Gasteiger charge is 2.38. The molecule has 1 aliphatic heterocycles. The molecule has 0 amide bonds. The van der Waals surface area contributed by atoms with Crippen LogP contribution in [0.5, 0.6) is 0 Å². The molecule has 0 saturated carbocycles.